The van der Waals surface area contributed by atoms with Crippen LogP contribution in [0.5, 0.6) is 0 Å². The molecular formula is C15H18BrClO. The summed E-state index contributed by atoms with van der Waals surface area (Å²) in [6, 6.07) is 8.57. The van der Waals surface area contributed by atoms with E-state index >= 15 is 0 Å². The summed E-state index contributed by atoms with van der Waals surface area (Å²) in [6.45, 7) is 0.877. The first-order chi connectivity index (χ1) is 8.73. The summed E-state index contributed by atoms with van der Waals surface area (Å²) in [5, 5.41) is 0. The molecule has 1 heterocycles. The molecule has 1 aromatic carbocycles. The van der Waals surface area contributed by atoms with E-state index in [0.29, 0.717) is 12.0 Å². The highest BCUT2D eigenvalue weighted by atomic mass is 79.9. The van der Waals surface area contributed by atoms with E-state index in [4.69, 9.17) is 16.3 Å². The lowest BCUT2D eigenvalue weighted by molar-refractivity contribution is 0.0403. The van der Waals surface area contributed by atoms with Crippen LogP contribution < -0.4 is 0 Å². The van der Waals surface area contributed by atoms with Crippen molar-refractivity contribution in [3.05, 3.63) is 34.3 Å². The third-order valence-electron chi connectivity index (χ3n) is 4.26. The minimum Gasteiger partial charge on any atom is -0.377 e. The maximum atomic E-state index is 6.33. The number of hydrogen-bond acceptors (Lipinski definition) is 1. The quantitative estimate of drug-likeness (QED) is 0.743. The first-order valence-corrected chi connectivity index (χ1v) is 7.98. The predicted octanol–water partition coefficient (Wildman–Crippen LogP) is 4.42. The zero-order valence-corrected chi connectivity index (χ0v) is 12.7. The van der Waals surface area contributed by atoms with Crippen molar-refractivity contribution in [1.29, 1.82) is 0 Å². The van der Waals surface area contributed by atoms with Gasteiger partial charge in [0.25, 0.3) is 0 Å². The number of alkyl halides is 1. The molecule has 18 heavy (non-hydrogen) atoms. The van der Waals surface area contributed by atoms with Crippen LogP contribution in [-0.2, 0) is 11.2 Å². The summed E-state index contributed by atoms with van der Waals surface area (Å²) >= 11 is 9.87. The van der Waals surface area contributed by atoms with Crippen molar-refractivity contribution in [2.75, 3.05) is 12.5 Å². The fourth-order valence-electron chi connectivity index (χ4n) is 3.18. The molecule has 1 aliphatic carbocycles. The van der Waals surface area contributed by atoms with Crippen LogP contribution in [0.15, 0.2) is 28.7 Å². The van der Waals surface area contributed by atoms with Crippen molar-refractivity contribution in [3.8, 4) is 0 Å². The molecule has 2 aliphatic rings. The fraction of sp³-hybridized carbons (Fsp3) is 0.600. The highest BCUT2D eigenvalue weighted by Crippen LogP contribution is 2.50. The molecule has 3 rings (SSSR count). The van der Waals surface area contributed by atoms with Gasteiger partial charge in [0.05, 0.1) is 6.10 Å². The van der Waals surface area contributed by atoms with Gasteiger partial charge in [-0.2, -0.15) is 0 Å². The molecular weight excluding hydrogens is 312 g/mol. The van der Waals surface area contributed by atoms with Crippen molar-refractivity contribution in [2.45, 2.75) is 31.8 Å². The number of benzene rings is 1. The van der Waals surface area contributed by atoms with Crippen molar-refractivity contribution in [1.82, 2.24) is 0 Å². The minimum absolute atomic E-state index is 0.156. The van der Waals surface area contributed by atoms with Gasteiger partial charge in [-0.15, -0.1) is 11.6 Å². The lowest BCUT2D eigenvalue weighted by Crippen LogP contribution is -2.36. The predicted molar refractivity (Wildman–Crippen MR) is 78.1 cm³/mol. The summed E-state index contributed by atoms with van der Waals surface area (Å²) in [4.78, 5) is 0. The molecule has 0 amide bonds. The first kappa shape index (κ1) is 13.0. The maximum absolute atomic E-state index is 6.33. The smallest absolute Gasteiger partial charge is 0.0674 e. The van der Waals surface area contributed by atoms with Gasteiger partial charge in [0.1, 0.15) is 0 Å². The second-order valence-corrected chi connectivity index (χ2v) is 6.86. The van der Waals surface area contributed by atoms with Gasteiger partial charge in [0.15, 0.2) is 0 Å². The molecule has 2 atom stereocenters. The maximum Gasteiger partial charge on any atom is 0.0674 e. The Bertz CT molecular complexity index is 432. The number of halogens is 2. The van der Waals surface area contributed by atoms with Crippen molar-refractivity contribution in [2.24, 2.45) is 11.3 Å². The van der Waals surface area contributed by atoms with Crippen LogP contribution in [-0.4, -0.2) is 18.6 Å². The first-order valence-electron chi connectivity index (χ1n) is 6.65. The second kappa shape index (κ2) is 5.15. The van der Waals surface area contributed by atoms with Gasteiger partial charge in [0, 0.05) is 22.4 Å². The third kappa shape index (κ3) is 2.48. The van der Waals surface area contributed by atoms with E-state index in [1.54, 1.807) is 0 Å². The Balaban J connectivity index is 1.82. The molecule has 0 N–H and O–H groups in total. The number of rotatable bonds is 4. The van der Waals surface area contributed by atoms with Gasteiger partial charge in [-0.25, -0.2) is 0 Å². The van der Waals surface area contributed by atoms with Gasteiger partial charge < -0.3 is 4.74 Å². The van der Waals surface area contributed by atoms with E-state index in [0.717, 1.165) is 29.8 Å². The van der Waals surface area contributed by atoms with Gasteiger partial charge >= 0.3 is 0 Å². The van der Waals surface area contributed by atoms with Gasteiger partial charge in [-0.3, -0.25) is 0 Å². The Morgan fingerprint density at radius 3 is 2.89 bits per heavy atom. The standard InChI is InChI=1S/C15H18BrClO/c16-13-3-1-2-11(8-13)9-15(10-17)6-7-18-14(15)12-4-5-12/h1-3,8,12,14H,4-7,9-10H2. The molecule has 3 heteroatoms. The lowest BCUT2D eigenvalue weighted by Gasteiger charge is -2.32. The van der Waals surface area contributed by atoms with Gasteiger partial charge in [-0.05, 0) is 49.3 Å². The molecule has 1 aliphatic heterocycles. The Hall–Kier alpha value is -0.0500. The summed E-state index contributed by atoms with van der Waals surface area (Å²) in [5.41, 5.74) is 1.52. The summed E-state index contributed by atoms with van der Waals surface area (Å²) in [5.74, 6) is 1.47. The summed E-state index contributed by atoms with van der Waals surface area (Å²) in [6.07, 6.45) is 5.17. The molecule has 0 radical (unpaired) electrons. The van der Waals surface area contributed by atoms with E-state index in [9.17, 15) is 0 Å². The second-order valence-electron chi connectivity index (χ2n) is 5.68. The monoisotopic (exact) mass is 328 g/mol. The number of hydrogen-bond donors (Lipinski definition) is 0. The van der Waals surface area contributed by atoms with E-state index in [1.807, 2.05) is 0 Å². The number of ether oxygens (including phenoxy) is 1. The van der Waals surface area contributed by atoms with Crippen molar-refractivity contribution in [3.63, 3.8) is 0 Å². The zero-order valence-electron chi connectivity index (χ0n) is 10.4. The normalized spacial score (nSPS) is 31.8. The molecule has 2 unspecified atom stereocenters. The molecule has 1 saturated heterocycles. The molecule has 0 spiro atoms. The molecule has 1 aromatic rings. The van der Waals surface area contributed by atoms with E-state index in [2.05, 4.69) is 40.2 Å². The Kier molecular flexibility index (Phi) is 3.70. The van der Waals surface area contributed by atoms with Crippen LogP contribution in [0.25, 0.3) is 0 Å². The molecule has 98 valence electrons. The highest BCUT2D eigenvalue weighted by molar-refractivity contribution is 9.10. The summed E-state index contributed by atoms with van der Waals surface area (Å²) < 4.78 is 7.14. The van der Waals surface area contributed by atoms with Gasteiger partial charge in [-0.1, -0.05) is 28.1 Å². The lowest BCUT2D eigenvalue weighted by atomic mass is 9.76. The van der Waals surface area contributed by atoms with Crippen LogP contribution in [0.2, 0.25) is 0 Å². The molecule has 2 fully saturated rings. The molecule has 1 saturated carbocycles. The van der Waals surface area contributed by atoms with Crippen LogP contribution >= 0.6 is 27.5 Å². The summed E-state index contributed by atoms with van der Waals surface area (Å²) in [7, 11) is 0. The zero-order chi connectivity index (χ0) is 12.6. The van der Waals surface area contributed by atoms with Crippen LogP contribution in [0.1, 0.15) is 24.8 Å². The molecule has 1 nitrogen and oxygen atoms in total. The highest BCUT2D eigenvalue weighted by Gasteiger charge is 2.50. The minimum atomic E-state index is 0.156. The van der Waals surface area contributed by atoms with E-state index in [1.165, 1.54) is 18.4 Å². The van der Waals surface area contributed by atoms with Crippen LogP contribution in [0, 0.1) is 11.3 Å². The van der Waals surface area contributed by atoms with Crippen molar-refractivity contribution >= 4 is 27.5 Å². The fourth-order valence-corrected chi connectivity index (χ4v) is 4.00. The van der Waals surface area contributed by atoms with Crippen LogP contribution in [0.3, 0.4) is 0 Å². The van der Waals surface area contributed by atoms with E-state index in [-0.39, 0.29) is 5.41 Å². The SMILES string of the molecule is ClCC1(Cc2cccc(Br)c2)CCOC1C1CC1. The Morgan fingerprint density at radius 2 is 2.22 bits per heavy atom. The van der Waals surface area contributed by atoms with Crippen molar-refractivity contribution < 1.29 is 4.74 Å². The van der Waals surface area contributed by atoms with E-state index < -0.39 is 0 Å². The Morgan fingerprint density at radius 1 is 1.39 bits per heavy atom. The van der Waals surface area contributed by atoms with Gasteiger partial charge in [0.2, 0.25) is 0 Å². The largest absolute Gasteiger partial charge is 0.377 e. The average Bonchev–Trinajstić information content (AvgIpc) is 3.12. The third-order valence-corrected chi connectivity index (χ3v) is 5.29. The van der Waals surface area contributed by atoms with Crippen LogP contribution in [0.4, 0.5) is 0 Å². The molecule has 0 bridgehead atoms. The average molecular weight is 330 g/mol. The molecule has 0 aromatic heterocycles. The topological polar surface area (TPSA) is 9.23 Å². The Labute approximate surface area is 122 Å².